The Hall–Kier alpha value is -3.34. The monoisotopic (exact) mass is 376 g/mol. The van der Waals surface area contributed by atoms with Gasteiger partial charge in [-0.15, -0.1) is 0 Å². The lowest BCUT2D eigenvalue weighted by atomic mass is 9.89. The summed E-state index contributed by atoms with van der Waals surface area (Å²) in [6.45, 7) is 2.07. The number of rotatable bonds is 7. The van der Waals surface area contributed by atoms with Crippen molar-refractivity contribution in [2.45, 2.75) is 25.3 Å². The third kappa shape index (κ3) is 4.68. The van der Waals surface area contributed by atoms with Crippen LogP contribution in [0.1, 0.15) is 18.1 Å². The lowest BCUT2D eigenvalue weighted by molar-refractivity contribution is -0.126. The lowest BCUT2D eigenvalue weighted by Crippen LogP contribution is -2.58. The SMILES string of the molecule is CC(Cc1cccc2ccccc12)(NC(=O)O)C(=O)NCCc1ccccc1. The number of carbonyl (C=O) groups is 2. The van der Waals surface area contributed by atoms with Gasteiger partial charge in [-0.25, -0.2) is 4.79 Å². The van der Waals surface area contributed by atoms with Gasteiger partial charge in [-0.1, -0.05) is 72.8 Å². The first-order valence-electron chi connectivity index (χ1n) is 9.28. The van der Waals surface area contributed by atoms with Crippen LogP contribution in [-0.4, -0.2) is 29.2 Å². The number of amides is 2. The predicted molar refractivity (Wildman–Crippen MR) is 110 cm³/mol. The highest BCUT2D eigenvalue weighted by atomic mass is 16.4. The molecule has 0 aliphatic carbocycles. The summed E-state index contributed by atoms with van der Waals surface area (Å²) >= 11 is 0. The van der Waals surface area contributed by atoms with Gasteiger partial charge in [0.2, 0.25) is 5.91 Å². The zero-order chi connectivity index (χ0) is 20.0. The van der Waals surface area contributed by atoms with E-state index in [2.05, 4.69) is 10.6 Å². The number of carbonyl (C=O) groups excluding carboxylic acids is 1. The number of fused-ring (bicyclic) bond motifs is 1. The molecule has 0 aliphatic heterocycles. The van der Waals surface area contributed by atoms with Crippen molar-refractivity contribution in [3.05, 3.63) is 83.9 Å². The quantitative estimate of drug-likeness (QED) is 0.587. The average molecular weight is 376 g/mol. The molecule has 0 bridgehead atoms. The fraction of sp³-hybridized carbons (Fsp3) is 0.217. The van der Waals surface area contributed by atoms with Gasteiger partial charge in [0.25, 0.3) is 0 Å². The molecule has 3 aromatic rings. The fourth-order valence-corrected chi connectivity index (χ4v) is 3.40. The van der Waals surface area contributed by atoms with Crippen LogP contribution in [0.3, 0.4) is 0 Å². The largest absolute Gasteiger partial charge is 0.465 e. The minimum Gasteiger partial charge on any atom is -0.465 e. The molecule has 0 saturated heterocycles. The summed E-state index contributed by atoms with van der Waals surface area (Å²) in [5, 5.41) is 16.7. The summed E-state index contributed by atoms with van der Waals surface area (Å²) in [5.74, 6) is -0.334. The van der Waals surface area contributed by atoms with Crippen LogP contribution >= 0.6 is 0 Å². The molecule has 1 atom stereocenters. The molecule has 28 heavy (non-hydrogen) atoms. The fourth-order valence-electron chi connectivity index (χ4n) is 3.40. The molecule has 5 heteroatoms. The molecule has 0 heterocycles. The normalized spacial score (nSPS) is 12.9. The summed E-state index contributed by atoms with van der Waals surface area (Å²) in [6, 6.07) is 23.6. The maximum atomic E-state index is 12.9. The van der Waals surface area contributed by atoms with E-state index in [1.165, 1.54) is 0 Å². The van der Waals surface area contributed by atoms with Crippen molar-refractivity contribution in [3.63, 3.8) is 0 Å². The van der Waals surface area contributed by atoms with Gasteiger partial charge in [0.05, 0.1) is 0 Å². The van der Waals surface area contributed by atoms with Crippen LogP contribution in [0.2, 0.25) is 0 Å². The lowest BCUT2D eigenvalue weighted by Gasteiger charge is -2.29. The van der Waals surface area contributed by atoms with Crippen LogP contribution in [-0.2, 0) is 17.6 Å². The van der Waals surface area contributed by atoms with Crippen LogP contribution < -0.4 is 10.6 Å². The standard InChI is InChI=1S/C23H24N2O3/c1-23(25-22(27)28,21(26)24-15-14-17-8-3-2-4-9-17)16-19-12-7-11-18-10-5-6-13-20(18)19/h2-13,25H,14-16H2,1H3,(H,24,26)(H,27,28). The van der Waals surface area contributed by atoms with Crippen LogP contribution in [0.4, 0.5) is 4.79 Å². The van der Waals surface area contributed by atoms with Crippen molar-refractivity contribution >= 4 is 22.8 Å². The molecule has 0 aliphatic rings. The molecule has 5 nitrogen and oxygen atoms in total. The molecule has 0 saturated carbocycles. The smallest absolute Gasteiger partial charge is 0.405 e. The van der Waals surface area contributed by atoms with Gasteiger partial charge in [0.15, 0.2) is 0 Å². The predicted octanol–water partition coefficient (Wildman–Crippen LogP) is 3.77. The molecule has 1 unspecified atom stereocenters. The number of nitrogens with one attached hydrogen (secondary N) is 2. The second-order valence-electron chi connectivity index (χ2n) is 7.07. The Labute approximate surface area is 164 Å². The van der Waals surface area contributed by atoms with E-state index in [0.717, 1.165) is 21.9 Å². The first-order valence-corrected chi connectivity index (χ1v) is 9.28. The van der Waals surface area contributed by atoms with E-state index < -0.39 is 11.6 Å². The number of carboxylic acid groups (broad SMARTS) is 1. The van der Waals surface area contributed by atoms with Crippen LogP contribution in [0, 0.1) is 0 Å². The van der Waals surface area contributed by atoms with Crippen molar-refractivity contribution in [2.75, 3.05) is 6.54 Å². The summed E-state index contributed by atoms with van der Waals surface area (Å²) in [6.07, 6.45) is -0.275. The van der Waals surface area contributed by atoms with Gasteiger partial charge in [0.1, 0.15) is 5.54 Å². The minimum atomic E-state index is -1.27. The second kappa shape index (κ2) is 8.57. The van der Waals surface area contributed by atoms with Gasteiger partial charge >= 0.3 is 6.09 Å². The maximum Gasteiger partial charge on any atom is 0.405 e. The summed E-state index contributed by atoms with van der Waals surface area (Å²) in [5.41, 5.74) is 0.768. The van der Waals surface area contributed by atoms with E-state index in [9.17, 15) is 14.7 Å². The van der Waals surface area contributed by atoms with E-state index >= 15 is 0 Å². The van der Waals surface area contributed by atoms with Crippen molar-refractivity contribution in [3.8, 4) is 0 Å². The van der Waals surface area contributed by atoms with Crippen molar-refractivity contribution in [1.82, 2.24) is 10.6 Å². The molecule has 2 amide bonds. The molecule has 3 N–H and O–H groups in total. The third-order valence-electron chi connectivity index (χ3n) is 4.85. The summed E-state index contributed by atoms with van der Waals surface area (Å²) < 4.78 is 0. The molecule has 3 aromatic carbocycles. The first kappa shape index (κ1) is 19.4. The van der Waals surface area contributed by atoms with Gasteiger partial charge < -0.3 is 15.7 Å². The Balaban J connectivity index is 1.77. The van der Waals surface area contributed by atoms with Gasteiger partial charge in [-0.2, -0.15) is 0 Å². The zero-order valence-electron chi connectivity index (χ0n) is 15.8. The van der Waals surface area contributed by atoms with Crippen LogP contribution in [0.25, 0.3) is 10.8 Å². The highest BCUT2D eigenvalue weighted by Crippen LogP contribution is 2.23. The van der Waals surface area contributed by atoms with Gasteiger partial charge in [-0.3, -0.25) is 4.79 Å². The molecule has 0 spiro atoms. The number of hydrogen-bond acceptors (Lipinski definition) is 2. The topological polar surface area (TPSA) is 78.4 Å². The van der Waals surface area contributed by atoms with Crippen molar-refractivity contribution in [1.29, 1.82) is 0 Å². The minimum absolute atomic E-state index is 0.262. The van der Waals surface area contributed by atoms with Crippen molar-refractivity contribution in [2.24, 2.45) is 0 Å². The molecule has 0 fully saturated rings. The first-order chi connectivity index (χ1) is 13.5. The van der Waals surface area contributed by atoms with Crippen LogP contribution in [0.15, 0.2) is 72.8 Å². The molecular formula is C23H24N2O3. The Morgan fingerprint density at radius 1 is 0.929 bits per heavy atom. The van der Waals surface area contributed by atoms with E-state index in [-0.39, 0.29) is 12.3 Å². The molecule has 0 radical (unpaired) electrons. The summed E-state index contributed by atoms with van der Waals surface area (Å²) in [4.78, 5) is 24.3. The zero-order valence-corrected chi connectivity index (χ0v) is 15.8. The molecule has 144 valence electrons. The number of benzene rings is 3. The molecule has 0 aromatic heterocycles. The highest BCUT2D eigenvalue weighted by Gasteiger charge is 2.35. The van der Waals surface area contributed by atoms with Crippen molar-refractivity contribution < 1.29 is 14.7 Å². The average Bonchev–Trinajstić information content (AvgIpc) is 2.68. The Morgan fingerprint density at radius 2 is 1.61 bits per heavy atom. The number of hydrogen-bond donors (Lipinski definition) is 3. The van der Waals surface area contributed by atoms with E-state index in [4.69, 9.17) is 0 Å². The van der Waals surface area contributed by atoms with E-state index in [1.54, 1.807) is 6.92 Å². The second-order valence-corrected chi connectivity index (χ2v) is 7.07. The summed E-state index contributed by atoms with van der Waals surface area (Å²) in [7, 11) is 0. The Bertz CT molecular complexity index is 967. The van der Waals surface area contributed by atoms with E-state index in [0.29, 0.717) is 13.0 Å². The van der Waals surface area contributed by atoms with Crippen LogP contribution in [0.5, 0.6) is 0 Å². The Morgan fingerprint density at radius 3 is 2.36 bits per heavy atom. The maximum absolute atomic E-state index is 12.9. The molecular weight excluding hydrogens is 352 g/mol. The Kier molecular flexibility index (Phi) is 5.94. The van der Waals surface area contributed by atoms with Gasteiger partial charge in [-0.05, 0) is 35.2 Å². The third-order valence-corrected chi connectivity index (χ3v) is 4.85. The van der Waals surface area contributed by atoms with E-state index in [1.807, 2.05) is 72.8 Å². The molecule has 3 rings (SSSR count). The highest BCUT2D eigenvalue weighted by molar-refractivity contribution is 5.91. The van der Waals surface area contributed by atoms with Gasteiger partial charge in [0, 0.05) is 13.0 Å².